The molecular weight excluding hydrogens is 516 g/mol. The number of carbonyl (C=O) groups is 1. The third kappa shape index (κ3) is 4.72. The first-order chi connectivity index (χ1) is 19.0. The highest BCUT2D eigenvalue weighted by Gasteiger charge is 2.56. The van der Waals surface area contributed by atoms with Gasteiger partial charge in [-0.25, -0.2) is 13.8 Å². The average molecular weight is 552 g/mol. The minimum atomic E-state index is -0.868. The maximum absolute atomic E-state index is 15.9. The van der Waals surface area contributed by atoms with Crippen molar-refractivity contribution in [3.05, 3.63) is 76.5 Å². The molecule has 3 aromatic rings. The van der Waals surface area contributed by atoms with Crippen molar-refractivity contribution in [2.24, 2.45) is 11.3 Å². The molecule has 0 radical (unpaired) electrons. The van der Waals surface area contributed by atoms with Crippen LogP contribution in [-0.2, 0) is 28.0 Å². The van der Waals surface area contributed by atoms with Gasteiger partial charge in [0.1, 0.15) is 12.4 Å². The monoisotopic (exact) mass is 551 g/mol. The van der Waals surface area contributed by atoms with E-state index in [4.69, 9.17) is 14.2 Å². The highest BCUT2D eigenvalue weighted by molar-refractivity contribution is 5.75. The summed E-state index contributed by atoms with van der Waals surface area (Å²) in [5.41, 5.74) is 2.90. The van der Waals surface area contributed by atoms with E-state index in [-0.39, 0.29) is 23.9 Å². The summed E-state index contributed by atoms with van der Waals surface area (Å²) in [7, 11) is 3.10. The Morgan fingerprint density at radius 2 is 1.90 bits per heavy atom. The van der Waals surface area contributed by atoms with Crippen molar-refractivity contribution in [2.45, 2.75) is 64.6 Å². The smallest absolute Gasteiger partial charge is 0.307 e. The molecule has 2 aliphatic rings. The van der Waals surface area contributed by atoms with Crippen molar-refractivity contribution in [3.63, 3.8) is 0 Å². The number of hydrogen-bond acceptors (Lipinski definition) is 5. The van der Waals surface area contributed by atoms with Crippen LogP contribution in [0, 0.1) is 23.0 Å². The van der Waals surface area contributed by atoms with Crippen molar-refractivity contribution in [2.75, 3.05) is 14.2 Å². The van der Waals surface area contributed by atoms with Gasteiger partial charge in [-0.3, -0.25) is 4.79 Å². The van der Waals surface area contributed by atoms with E-state index in [1.807, 2.05) is 45.0 Å². The van der Waals surface area contributed by atoms with Crippen molar-refractivity contribution in [1.82, 2.24) is 4.98 Å². The third-order valence-electron chi connectivity index (χ3n) is 8.52. The fourth-order valence-electron chi connectivity index (χ4n) is 6.54. The first-order valence-corrected chi connectivity index (χ1v) is 13.5. The van der Waals surface area contributed by atoms with Gasteiger partial charge in [-0.05, 0) is 65.5 Å². The van der Waals surface area contributed by atoms with E-state index in [1.165, 1.54) is 7.11 Å². The Balaban J connectivity index is 1.49. The van der Waals surface area contributed by atoms with Crippen molar-refractivity contribution >= 4 is 5.97 Å². The Morgan fingerprint density at radius 3 is 2.52 bits per heavy atom. The second-order valence-corrected chi connectivity index (χ2v) is 11.9. The molecule has 212 valence electrons. The highest BCUT2D eigenvalue weighted by Crippen LogP contribution is 2.58. The fraction of sp³-hybridized carbons (Fsp3) is 0.438. The summed E-state index contributed by atoms with van der Waals surface area (Å²) in [4.78, 5) is 15.8. The number of hydrogen-bond donors (Lipinski definition) is 1. The fourth-order valence-corrected chi connectivity index (χ4v) is 6.54. The van der Waals surface area contributed by atoms with Crippen LogP contribution in [0.25, 0.3) is 11.1 Å². The lowest BCUT2D eigenvalue weighted by molar-refractivity contribution is -0.149. The molecule has 0 amide bonds. The number of ether oxygens (including phenoxy) is 3. The molecule has 6 nitrogen and oxygen atoms in total. The van der Waals surface area contributed by atoms with Crippen LogP contribution in [0.3, 0.4) is 0 Å². The molecule has 40 heavy (non-hydrogen) atoms. The molecule has 0 saturated heterocycles. The van der Waals surface area contributed by atoms with Crippen LogP contribution in [-0.4, -0.2) is 30.3 Å². The van der Waals surface area contributed by atoms with Crippen LogP contribution >= 0.6 is 0 Å². The van der Waals surface area contributed by atoms with E-state index in [0.717, 1.165) is 22.9 Å². The summed E-state index contributed by atoms with van der Waals surface area (Å²) in [6, 6.07) is 10.6. The molecule has 8 heteroatoms. The summed E-state index contributed by atoms with van der Waals surface area (Å²) in [5, 5.41) is 9.70. The van der Waals surface area contributed by atoms with Crippen LogP contribution < -0.4 is 9.47 Å². The van der Waals surface area contributed by atoms with Gasteiger partial charge in [-0.1, -0.05) is 39.0 Å². The van der Waals surface area contributed by atoms with E-state index < -0.39 is 28.9 Å². The van der Waals surface area contributed by atoms with Gasteiger partial charge in [-0.15, -0.1) is 0 Å². The van der Waals surface area contributed by atoms with Crippen molar-refractivity contribution < 1.29 is 32.9 Å². The number of carboxylic acids is 1. The zero-order valence-corrected chi connectivity index (χ0v) is 23.5. The number of pyridine rings is 1. The van der Waals surface area contributed by atoms with E-state index in [2.05, 4.69) is 4.98 Å². The van der Waals surface area contributed by atoms with Gasteiger partial charge in [0.05, 0.1) is 25.3 Å². The first-order valence-electron chi connectivity index (χ1n) is 13.5. The Kier molecular flexibility index (Phi) is 7.33. The van der Waals surface area contributed by atoms with E-state index in [9.17, 15) is 14.3 Å². The molecule has 0 unspecified atom stereocenters. The molecule has 3 atom stereocenters. The standard InChI is InChI=1S/C32H35F2NO5/c1-31(2,3)29(39-5)22-14-18(6-8-20(22)21-15-26(38-4)35-16-24(21)33)17-40-25-9-7-19-10-12-32(27(19)28(25)34)13-11-23(32)30(36)37/h6-9,14-16,23,29H,10-13,17H2,1-5H3,(H,36,37)/t23-,29-,32+/m1/s1. The molecule has 1 saturated carbocycles. The largest absolute Gasteiger partial charge is 0.486 e. The second kappa shape index (κ2) is 10.5. The van der Waals surface area contributed by atoms with Gasteiger partial charge in [0.2, 0.25) is 5.88 Å². The third-order valence-corrected chi connectivity index (χ3v) is 8.52. The Morgan fingerprint density at radius 1 is 1.12 bits per heavy atom. The molecule has 0 bridgehead atoms. The van der Waals surface area contributed by atoms with Crippen LogP contribution in [0.2, 0.25) is 0 Å². The molecule has 2 aliphatic carbocycles. The topological polar surface area (TPSA) is 77.9 Å². The lowest BCUT2D eigenvalue weighted by Gasteiger charge is -2.45. The number of benzene rings is 2. The molecule has 0 aliphatic heterocycles. The number of carboxylic acid groups (broad SMARTS) is 1. The van der Waals surface area contributed by atoms with E-state index in [0.29, 0.717) is 48.3 Å². The van der Waals surface area contributed by atoms with Gasteiger partial charge >= 0.3 is 5.97 Å². The molecular formula is C32H35F2NO5. The summed E-state index contributed by atoms with van der Waals surface area (Å²) in [6.07, 6.45) is 3.30. The van der Waals surface area contributed by atoms with Crippen molar-refractivity contribution in [3.8, 4) is 22.8 Å². The number of fused-ring (bicyclic) bond motifs is 2. The minimum Gasteiger partial charge on any atom is -0.486 e. The van der Waals surface area contributed by atoms with Crippen molar-refractivity contribution in [1.29, 1.82) is 0 Å². The normalized spacial score (nSPS) is 20.6. The number of aromatic nitrogens is 1. The number of aliphatic carboxylic acids is 1. The molecule has 1 aromatic heterocycles. The number of methoxy groups -OCH3 is 2. The SMILES string of the molecule is COc1cc(-c2ccc(COc3ccc4c(c3F)[C@@]3(CC4)CC[C@@H]3C(=O)O)cc2[C@@H](OC)C(C)(C)C)c(F)cn1. The van der Waals surface area contributed by atoms with Crippen LogP contribution in [0.1, 0.15) is 68.4 Å². The maximum Gasteiger partial charge on any atom is 0.307 e. The van der Waals surface area contributed by atoms with E-state index >= 15 is 4.39 Å². The predicted octanol–water partition coefficient (Wildman–Crippen LogP) is 7.03. The Labute approximate surface area is 233 Å². The lowest BCUT2D eigenvalue weighted by atomic mass is 9.57. The molecule has 2 aromatic carbocycles. The Bertz CT molecular complexity index is 1450. The molecule has 5 rings (SSSR count). The second-order valence-electron chi connectivity index (χ2n) is 11.9. The molecule has 1 fully saturated rings. The summed E-state index contributed by atoms with van der Waals surface area (Å²) in [5.74, 6) is -1.99. The average Bonchev–Trinajstić information content (AvgIpc) is 3.30. The quantitative estimate of drug-likeness (QED) is 0.324. The predicted molar refractivity (Wildman–Crippen MR) is 146 cm³/mol. The number of rotatable bonds is 8. The maximum atomic E-state index is 15.9. The summed E-state index contributed by atoms with van der Waals surface area (Å²) in [6.45, 7) is 6.19. The van der Waals surface area contributed by atoms with Crippen LogP contribution in [0.5, 0.6) is 11.6 Å². The number of nitrogens with zero attached hydrogens (tertiary/aromatic N) is 1. The van der Waals surface area contributed by atoms with Gasteiger partial charge in [-0.2, -0.15) is 0 Å². The first kappa shape index (κ1) is 28.0. The minimum absolute atomic E-state index is 0.0705. The van der Waals surface area contributed by atoms with Gasteiger partial charge in [0.15, 0.2) is 11.6 Å². The van der Waals surface area contributed by atoms with Crippen LogP contribution in [0.4, 0.5) is 8.78 Å². The van der Waals surface area contributed by atoms with Gasteiger partial charge in [0, 0.05) is 29.7 Å². The molecule has 1 heterocycles. The van der Waals surface area contributed by atoms with Crippen LogP contribution in [0.15, 0.2) is 42.6 Å². The number of halogens is 2. The molecule has 1 spiro atoms. The Hall–Kier alpha value is -3.52. The lowest BCUT2D eigenvalue weighted by Crippen LogP contribution is -2.47. The van der Waals surface area contributed by atoms with Gasteiger partial charge < -0.3 is 19.3 Å². The summed E-state index contributed by atoms with van der Waals surface area (Å²) >= 11 is 0. The highest BCUT2D eigenvalue weighted by atomic mass is 19.1. The summed E-state index contributed by atoms with van der Waals surface area (Å²) < 4.78 is 47.9. The van der Waals surface area contributed by atoms with E-state index in [1.54, 1.807) is 19.2 Å². The zero-order chi connectivity index (χ0) is 28.8. The molecule has 1 N–H and O–H groups in total. The number of aryl methyl sites for hydroxylation is 1. The zero-order valence-electron chi connectivity index (χ0n) is 23.5. The van der Waals surface area contributed by atoms with Gasteiger partial charge in [0.25, 0.3) is 0 Å².